The van der Waals surface area contributed by atoms with Crippen LogP contribution < -0.4 is 15.1 Å². The minimum atomic E-state index is -4.33. The summed E-state index contributed by atoms with van der Waals surface area (Å²) in [6, 6.07) is 5.63. The lowest BCUT2D eigenvalue weighted by molar-refractivity contribution is -0.914. The molecule has 2 fully saturated rings. The van der Waals surface area contributed by atoms with Crippen molar-refractivity contribution in [3.8, 4) is 0 Å². The second-order valence-corrected chi connectivity index (χ2v) is 8.29. The molecule has 1 saturated heterocycles. The van der Waals surface area contributed by atoms with Gasteiger partial charge in [0, 0.05) is 11.7 Å². The first-order chi connectivity index (χ1) is 13.3. The van der Waals surface area contributed by atoms with Crippen LogP contribution in [0.2, 0.25) is 0 Å². The van der Waals surface area contributed by atoms with Crippen molar-refractivity contribution in [2.75, 3.05) is 31.1 Å². The maximum absolute atomic E-state index is 12.9. The fraction of sp³-hybridized carbons (Fsp3) is 0.667. The lowest BCUT2D eigenvalue weighted by atomic mass is 9.86. The third-order valence-electron chi connectivity index (χ3n) is 6.39. The van der Waals surface area contributed by atoms with Crippen LogP contribution >= 0.6 is 0 Å². The van der Waals surface area contributed by atoms with E-state index in [-0.39, 0.29) is 18.0 Å². The van der Waals surface area contributed by atoms with Crippen LogP contribution in [0.5, 0.6) is 0 Å². The largest absolute Gasteiger partial charge is 0.416 e. The SMILES string of the molecule is C[C@@H]1CCCC[C@@H]1NC(=O)[C@@H](C)[NH+]1CCN(c2cccc(C(F)(F)F)c2)CC1. The number of piperazine rings is 1. The molecule has 0 aromatic heterocycles. The molecule has 1 aliphatic carbocycles. The lowest BCUT2D eigenvalue weighted by Gasteiger charge is -2.37. The second kappa shape index (κ2) is 8.72. The molecule has 1 aromatic carbocycles. The number of halogens is 3. The minimum Gasteiger partial charge on any atom is -0.360 e. The molecule has 1 amide bonds. The van der Waals surface area contributed by atoms with Crippen molar-refractivity contribution >= 4 is 11.6 Å². The fourth-order valence-corrected chi connectivity index (χ4v) is 4.39. The second-order valence-electron chi connectivity index (χ2n) is 8.29. The number of quaternary nitrogens is 1. The predicted molar refractivity (Wildman–Crippen MR) is 103 cm³/mol. The van der Waals surface area contributed by atoms with Gasteiger partial charge in [0.2, 0.25) is 0 Å². The Hall–Kier alpha value is -1.76. The van der Waals surface area contributed by atoms with Crippen molar-refractivity contribution in [2.45, 2.75) is 57.8 Å². The molecule has 0 spiro atoms. The van der Waals surface area contributed by atoms with Crippen molar-refractivity contribution in [2.24, 2.45) is 5.92 Å². The van der Waals surface area contributed by atoms with Gasteiger partial charge < -0.3 is 15.1 Å². The molecule has 156 valence electrons. The van der Waals surface area contributed by atoms with Crippen LogP contribution in [-0.4, -0.2) is 44.2 Å². The average Bonchev–Trinajstić information content (AvgIpc) is 2.69. The number of nitrogens with zero attached hydrogens (tertiary/aromatic N) is 1. The summed E-state index contributed by atoms with van der Waals surface area (Å²) in [4.78, 5) is 15.9. The lowest BCUT2D eigenvalue weighted by Crippen LogP contribution is -3.19. The Balaban J connectivity index is 1.54. The normalized spacial score (nSPS) is 25.4. The number of carbonyl (C=O) groups is 1. The Labute approximate surface area is 165 Å². The van der Waals surface area contributed by atoms with E-state index in [2.05, 4.69) is 12.2 Å². The molecule has 0 radical (unpaired) electrons. The first kappa shape index (κ1) is 21.0. The summed E-state index contributed by atoms with van der Waals surface area (Å²) >= 11 is 0. The van der Waals surface area contributed by atoms with Gasteiger partial charge in [-0.3, -0.25) is 4.79 Å². The van der Waals surface area contributed by atoms with Crippen molar-refractivity contribution in [1.29, 1.82) is 0 Å². The highest BCUT2D eigenvalue weighted by atomic mass is 19.4. The highest BCUT2D eigenvalue weighted by Gasteiger charge is 2.33. The van der Waals surface area contributed by atoms with Crippen molar-refractivity contribution in [1.82, 2.24) is 5.32 Å². The van der Waals surface area contributed by atoms with E-state index in [1.165, 1.54) is 36.3 Å². The van der Waals surface area contributed by atoms with Crippen LogP contribution in [0.15, 0.2) is 24.3 Å². The van der Waals surface area contributed by atoms with E-state index in [0.29, 0.717) is 24.7 Å². The zero-order valence-corrected chi connectivity index (χ0v) is 16.7. The van der Waals surface area contributed by atoms with Crippen LogP contribution in [0.1, 0.15) is 45.1 Å². The number of alkyl halides is 3. The quantitative estimate of drug-likeness (QED) is 0.818. The van der Waals surface area contributed by atoms with Crippen LogP contribution in [0.25, 0.3) is 0 Å². The van der Waals surface area contributed by atoms with E-state index in [4.69, 9.17) is 0 Å². The number of nitrogens with one attached hydrogen (secondary N) is 2. The topological polar surface area (TPSA) is 36.8 Å². The zero-order valence-electron chi connectivity index (χ0n) is 16.7. The first-order valence-corrected chi connectivity index (χ1v) is 10.3. The smallest absolute Gasteiger partial charge is 0.360 e. The molecular formula is C21H31F3N3O+. The van der Waals surface area contributed by atoms with Gasteiger partial charge in [0.05, 0.1) is 31.7 Å². The molecule has 0 bridgehead atoms. The summed E-state index contributed by atoms with van der Waals surface area (Å²) in [6.45, 7) is 6.94. The molecule has 3 atom stereocenters. The van der Waals surface area contributed by atoms with E-state index in [9.17, 15) is 18.0 Å². The number of hydrogen-bond donors (Lipinski definition) is 2. The Morgan fingerprint density at radius 3 is 2.54 bits per heavy atom. The molecule has 1 aliphatic heterocycles. The van der Waals surface area contributed by atoms with Gasteiger partial charge in [0.1, 0.15) is 0 Å². The van der Waals surface area contributed by atoms with E-state index >= 15 is 0 Å². The third-order valence-corrected chi connectivity index (χ3v) is 6.39. The van der Waals surface area contributed by atoms with Gasteiger partial charge in [-0.1, -0.05) is 25.8 Å². The van der Waals surface area contributed by atoms with Crippen LogP contribution in [0.4, 0.5) is 18.9 Å². The summed E-state index contributed by atoms with van der Waals surface area (Å²) in [5.41, 5.74) is -0.0175. The van der Waals surface area contributed by atoms with Crippen LogP contribution in [-0.2, 0) is 11.0 Å². The van der Waals surface area contributed by atoms with Gasteiger partial charge in [-0.25, -0.2) is 0 Å². The molecular weight excluding hydrogens is 367 g/mol. The van der Waals surface area contributed by atoms with Gasteiger partial charge in [-0.05, 0) is 43.9 Å². The molecule has 7 heteroatoms. The van der Waals surface area contributed by atoms with E-state index < -0.39 is 11.7 Å². The predicted octanol–water partition coefficient (Wildman–Crippen LogP) is 2.49. The number of rotatable bonds is 4. The highest BCUT2D eigenvalue weighted by molar-refractivity contribution is 5.80. The molecule has 1 saturated carbocycles. The number of amides is 1. The zero-order chi connectivity index (χ0) is 20.3. The van der Waals surface area contributed by atoms with Gasteiger partial charge in [0.15, 0.2) is 6.04 Å². The van der Waals surface area contributed by atoms with Crippen molar-refractivity contribution < 1.29 is 22.9 Å². The van der Waals surface area contributed by atoms with Crippen molar-refractivity contribution in [3.63, 3.8) is 0 Å². The monoisotopic (exact) mass is 398 g/mol. The van der Waals surface area contributed by atoms with E-state index in [0.717, 1.165) is 25.6 Å². The van der Waals surface area contributed by atoms with Gasteiger partial charge >= 0.3 is 6.18 Å². The Bertz CT molecular complexity index is 671. The Morgan fingerprint density at radius 2 is 1.89 bits per heavy atom. The molecule has 1 aromatic rings. The third kappa shape index (κ3) is 4.99. The summed E-state index contributed by atoms with van der Waals surface area (Å²) in [5, 5.41) is 3.23. The first-order valence-electron chi connectivity index (χ1n) is 10.3. The minimum absolute atomic E-state index is 0.0984. The van der Waals surface area contributed by atoms with Crippen LogP contribution in [0, 0.1) is 5.92 Å². The van der Waals surface area contributed by atoms with Gasteiger partial charge in [-0.2, -0.15) is 13.2 Å². The highest BCUT2D eigenvalue weighted by Crippen LogP contribution is 2.31. The number of benzene rings is 1. The fourth-order valence-electron chi connectivity index (χ4n) is 4.39. The standard InChI is InChI=1S/C21H30F3N3O/c1-15-6-3-4-9-19(15)25-20(28)16(2)26-10-12-27(13-11-26)18-8-5-7-17(14-18)21(22,23)24/h5,7-8,14-16,19H,3-4,6,9-13H2,1-2H3,(H,25,28)/p+1/t15-,16-,19+/m1/s1. The average molecular weight is 398 g/mol. The van der Waals surface area contributed by atoms with Crippen molar-refractivity contribution in [3.05, 3.63) is 29.8 Å². The molecule has 4 nitrogen and oxygen atoms in total. The van der Waals surface area contributed by atoms with Gasteiger partial charge in [-0.15, -0.1) is 0 Å². The molecule has 28 heavy (non-hydrogen) atoms. The maximum Gasteiger partial charge on any atom is 0.416 e. The Kier molecular flexibility index (Phi) is 6.53. The molecule has 2 aliphatic rings. The van der Waals surface area contributed by atoms with E-state index in [1.807, 2.05) is 11.8 Å². The van der Waals surface area contributed by atoms with Crippen LogP contribution in [0.3, 0.4) is 0 Å². The summed E-state index contributed by atoms with van der Waals surface area (Å²) in [7, 11) is 0. The summed E-state index contributed by atoms with van der Waals surface area (Å²) in [6.07, 6.45) is 0.310. The summed E-state index contributed by atoms with van der Waals surface area (Å²) < 4.78 is 38.8. The number of anilines is 1. The number of carbonyl (C=O) groups excluding carboxylic acids is 1. The molecule has 3 rings (SSSR count). The molecule has 0 unspecified atom stereocenters. The molecule has 1 heterocycles. The van der Waals surface area contributed by atoms with Gasteiger partial charge in [0.25, 0.3) is 5.91 Å². The Morgan fingerprint density at radius 1 is 1.21 bits per heavy atom. The molecule has 2 N–H and O–H groups in total. The van der Waals surface area contributed by atoms with E-state index in [1.54, 1.807) is 6.07 Å². The maximum atomic E-state index is 12.9. The number of hydrogen-bond acceptors (Lipinski definition) is 2. The summed E-state index contributed by atoms with van der Waals surface area (Å²) in [5.74, 6) is 0.624.